The molecule has 1 unspecified atom stereocenters. The predicted octanol–water partition coefficient (Wildman–Crippen LogP) is 6.18. The lowest BCUT2D eigenvalue weighted by molar-refractivity contribution is -0.140. The molecule has 0 aliphatic carbocycles. The van der Waals surface area contributed by atoms with Crippen LogP contribution in [0.5, 0.6) is 17.2 Å². The number of ketones is 1. The van der Waals surface area contributed by atoms with Crippen LogP contribution in [0, 0.1) is 5.92 Å². The first-order chi connectivity index (χ1) is 18.6. The van der Waals surface area contributed by atoms with Gasteiger partial charge in [0.25, 0.3) is 11.7 Å². The second-order valence-corrected chi connectivity index (χ2v) is 10.5. The summed E-state index contributed by atoms with van der Waals surface area (Å²) in [4.78, 5) is 28.2. The van der Waals surface area contributed by atoms with Crippen LogP contribution in [0.3, 0.4) is 0 Å². The molecule has 0 saturated carbocycles. The summed E-state index contributed by atoms with van der Waals surface area (Å²) in [5.74, 6) is 0.250. The van der Waals surface area contributed by atoms with Crippen molar-refractivity contribution < 1.29 is 29.3 Å². The molecule has 7 nitrogen and oxygen atoms in total. The van der Waals surface area contributed by atoms with Gasteiger partial charge in [-0.1, -0.05) is 52.0 Å². The van der Waals surface area contributed by atoms with E-state index in [1.165, 1.54) is 17.0 Å². The zero-order valence-electron chi connectivity index (χ0n) is 23.0. The van der Waals surface area contributed by atoms with Crippen molar-refractivity contribution in [1.29, 1.82) is 0 Å². The molecule has 1 amide bonds. The maximum Gasteiger partial charge on any atom is 0.295 e. The number of likely N-dealkylation sites (tertiary alicyclic amines) is 1. The maximum atomic E-state index is 13.4. The van der Waals surface area contributed by atoms with Crippen LogP contribution in [-0.4, -0.2) is 40.5 Å². The van der Waals surface area contributed by atoms with E-state index >= 15 is 0 Å². The van der Waals surface area contributed by atoms with E-state index in [1.54, 1.807) is 37.4 Å². The first-order valence-electron chi connectivity index (χ1n) is 13.1. The number of aliphatic hydroxyl groups is 1. The number of aliphatic hydroxyl groups excluding tert-OH is 1. The maximum absolute atomic E-state index is 13.4. The third-order valence-electron chi connectivity index (χ3n) is 6.73. The van der Waals surface area contributed by atoms with Crippen molar-refractivity contribution in [1.82, 2.24) is 4.90 Å². The van der Waals surface area contributed by atoms with E-state index in [1.807, 2.05) is 38.1 Å². The number of nitrogens with zero attached hydrogens (tertiary/aromatic N) is 1. The van der Waals surface area contributed by atoms with Crippen LogP contribution in [0.2, 0.25) is 0 Å². The number of phenols is 1. The molecular formula is C32H35NO6. The standard InChI is InChI=1S/C32H35NO6/c1-19(2)18-39-25-13-6-21(7-14-25)17-33-29(22-8-11-24(34)12-9-22)28(31(36)32(33)37)30(35)23-10-15-27(38-5)26(16-23)20(3)4/h6-16,19-20,29,34-35H,17-18H2,1-5H3/b30-28-. The van der Waals surface area contributed by atoms with Crippen molar-refractivity contribution in [3.63, 3.8) is 0 Å². The summed E-state index contributed by atoms with van der Waals surface area (Å²) < 4.78 is 11.2. The average molecular weight is 530 g/mol. The SMILES string of the molecule is COc1ccc(/C(O)=C2/C(=O)C(=O)N(Cc3ccc(OCC(C)C)cc3)C2c2ccc(O)cc2)cc1C(C)C. The highest BCUT2D eigenvalue weighted by molar-refractivity contribution is 6.46. The fourth-order valence-electron chi connectivity index (χ4n) is 4.69. The summed E-state index contributed by atoms with van der Waals surface area (Å²) in [6, 6.07) is 18.1. The Kier molecular flexibility index (Phi) is 8.29. The first-order valence-corrected chi connectivity index (χ1v) is 13.1. The average Bonchev–Trinajstić information content (AvgIpc) is 3.17. The third kappa shape index (κ3) is 5.93. The minimum Gasteiger partial charge on any atom is -0.508 e. The molecule has 3 aromatic rings. The van der Waals surface area contributed by atoms with Crippen LogP contribution in [0.4, 0.5) is 0 Å². The number of Topliss-reactive ketones (excluding diaryl/α,β-unsaturated/α-hetero) is 1. The van der Waals surface area contributed by atoms with Crippen molar-refractivity contribution >= 4 is 17.4 Å². The van der Waals surface area contributed by atoms with Crippen molar-refractivity contribution in [2.45, 2.75) is 46.2 Å². The topological polar surface area (TPSA) is 96.3 Å². The Bertz CT molecular complexity index is 1370. The molecule has 0 spiro atoms. The van der Waals surface area contributed by atoms with E-state index in [4.69, 9.17) is 9.47 Å². The molecule has 1 aliphatic rings. The van der Waals surface area contributed by atoms with Crippen molar-refractivity contribution in [3.05, 3.63) is 94.6 Å². The number of aromatic hydroxyl groups is 1. The molecule has 1 atom stereocenters. The summed E-state index contributed by atoms with van der Waals surface area (Å²) in [5, 5.41) is 21.3. The van der Waals surface area contributed by atoms with Gasteiger partial charge in [0.2, 0.25) is 0 Å². The number of carbonyl (C=O) groups excluding carboxylic acids is 2. The van der Waals surface area contributed by atoms with E-state index < -0.39 is 17.7 Å². The molecule has 0 bridgehead atoms. The Balaban J connectivity index is 1.76. The zero-order chi connectivity index (χ0) is 28.3. The van der Waals surface area contributed by atoms with Gasteiger partial charge in [-0.05, 0) is 71.0 Å². The lowest BCUT2D eigenvalue weighted by atomic mass is 9.93. The Morgan fingerprint density at radius 1 is 0.949 bits per heavy atom. The minimum absolute atomic E-state index is 0.00227. The molecule has 7 heteroatoms. The lowest BCUT2D eigenvalue weighted by Gasteiger charge is -2.25. The Morgan fingerprint density at radius 3 is 2.21 bits per heavy atom. The summed E-state index contributed by atoms with van der Waals surface area (Å²) >= 11 is 0. The monoisotopic (exact) mass is 529 g/mol. The van der Waals surface area contributed by atoms with Crippen LogP contribution in [-0.2, 0) is 16.1 Å². The molecule has 3 aromatic carbocycles. The smallest absolute Gasteiger partial charge is 0.295 e. The molecule has 1 fully saturated rings. The van der Waals surface area contributed by atoms with Gasteiger partial charge in [-0.15, -0.1) is 0 Å². The molecule has 1 saturated heterocycles. The largest absolute Gasteiger partial charge is 0.508 e. The van der Waals surface area contributed by atoms with Gasteiger partial charge in [0.05, 0.1) is 25.3 Å². The highest BCUT2D eigenvalue weighted by Gasteiger charge is 2.46. The van der Waals surface area contributed by atoms with Crippen molar-refractivity contribution in [3.8, 4) is 17.2 Å². The van der Waals surface area contributed by atoms with Crippen LogP contribution in [0.15, 0.2) is 72.3 Å². The normalized spacial score (nSPS) is 16.8. The summed E-state index contributed by atoms with van der Waals surface area (Å²) in [6.45, 7) is 8.91. The molecule has 0 aromatic heterocycles. The van der Waals surface area contributed by atoms with E-state index in [9.17, 15) is 19.8 Å². The van der Waals surface area contributed by atoms with Gasteiger partial charge in [0.1, 0.15) is 23.0 Å². The number of ether oxygens (including phenoxy) is 2. The molecule has 1 heterocycles. The summed E-state index contributed by atoms with van der Waals surface area (Å²) in [5.41, 5.74) is 2.71. The molecule has 204 valence electrons. The number of amides is 1. The lowest BCUT2D eigenvalue weighted by Crippen LogP contribution is -2.29. The highest BCUT2D eigenvalue weighted by atomic mass is 16.5. The van der Waals surface area contributed by atoms with Gasteiger partial charge >= 0.3 is 0 Å². The van der Waals surface area contributed by atoms with Crippen molar-refractivity contribution in [2.24, 2.45) is 5.92 Å². The van der Waals surface area contributed by atoms with E-state index in [-0.39, 0.29) is 29.5 Å². The van der Waals surface area contributed by atoms with Crippen molar-refractivity contribution in [2.75, 3.05) is 13.7 Å². The van der Waals surface area contributed by atoms with E-state index in [0.717, 1.165) is 16.9 Å². The number of rotatable bonds is 9. The molecule has 4 rings (SSSR count). The van der Waals surface area contributed by atoms with Gasteiger partial charge in [-0.2, -0.15) is 0 Å². The van der Waals surface area contributed by atoms with E-state index in [0.29, 0.717) is 29.4 Å². The number of benzene rings is 3. The van der Waals surface area contributed by atoms with Crippen LogP contribution >= 0.6 is 0 Å². The van der Waals surface area contributed by atoms with Gasteiger partial charge in [0, 0.05) is 12.1 Å². The second-order valence-electron chi connectivity index (χ2n) is 10.5. The molecule has 1 aliphatic heterocycles. The van der Waals surface area contributed by atoms with Crippen LogP contribution < -0.4 is 9.47 Å². The van der Waals surface area contributed by atoms with Gasteiger partial charge in [-0.3, -0.25) is 9.59 Å². The fourth-order valence-corrected chi connectivity index (χ4v) is 4.69. The molecular weight excluding hydrogens is 494 g/mol. The van der Waals surface area contributed by atoms with Gasteiger partial charge in [-0.25, -0.2) is 0 Å². The Hall–Kier alpha value is -4.26. The van der Waals surface area contributed by atoms with E-state index in [2.05, 4.69) is 13.8 Å². The molecule has 39 heavy (non-hydrogen) atoms. The number of phenolic OH excluding ortho intramolecular Hbond substituents is 1. The van der Waals surface area contributed by atoms with Crippen LogP contribution in [0.25, 0.3) is 5.76 Å². The Labute approximate surface area is 229 Å². The zero-order valence-corrected chi connectivity index (χ0v) is 23.0. The second kappa shape index (κ2) is 11.6. The predicted molar refractivity (Wildman–Crippen MR) is 150 cm³/mol. The number of carbonyl (C=O) groups is 2. The highest BCUT2D eigenvalue weighted by Crippen LogP contribution is 2.41. The summed E-state index contributed by atoms with van der Waals surface area (Å²) in [6.07, 6.45) is 0. The third-order valence-corrected chi connectivity index (χ3v) is 6.73. The minimum atomic E-state index is -0.841. The van der Waals surface area contributed by atoms with Gasteiger partial charge in [0.15, 0.2) is 0 Å². The number of hydrogen-bond acceptors (Lipinski definition) is 6. The fraction of sp³-hybridized carbons (Fsp3) is 0.312. The molecule has 2 N–H and O–H groups in total. The number of hydrogen-bond donors (Lipinski definition) is 2. The summed E-state index contributed by atoms with van der Waals surface area (Å²) in [7, 11) is 1.58. The van der Waals surface area contributed by atoms with Gasteiger partial charge < -0.3 is 24.6 Å². The number of methoxy groups -OCH3 is 1. The quantitative estimate of drug-likeness (QED) is 0.195. The van der Waals surface area contributed by atoms with Crippen LogP contribution in [0.1, 0.15) is 61.9 Å². The Morgan fingerprint density at radius 2 is 1.62 bits per heavy atom. The molecule has 0 radical (unpaired) electrons. The first kappa shape index (κ1) is 27.8.